The van der Waals surface area contributed by atoms with Crippen LogP contribution in [0.15, 0.2) is 22.7 Å². The lowest BCUT2D eigenvalue weighted by Crippen LogP contribution is -2.34. The van der Waals surface area contributed by atoms with Crippen LogP contribution in [0.4, 0.5) is 10.5 Å². The van der Waals surface area contributed by atoms with Gasteiger partial charge in [0.1, 0.15) is 0 Å². The molecule has 0 radical (unpaired) electrons. The van der Waals surface area contributed by atoms with Gasteiger partial charge in [-0.1, -0.05) is 11.6 Å². The molecule has 2 N–H and O–H groups in total. The van der Waals surface area contributed by atoms with E-state index < -0.39 is 6.09 Å². The molecule has 1 aromatic carbocycles. The molecule has 0 saturated carbocycles. The Morgan fingerprint density at radius 2 is 2.29 bits per heavy atom. The van der Waals surface area contributed by atoms with Crippen LogP contribution in [-0.2, 0) is 4.74 Å². The average Bonchev–Trinajstić information content (AvgIpc) is 2.23. The summed E-state index contributed by atoms with van der Waals surface area (Å²) in [6.07, 6.45) is -0.590. The Hall–Kier alpha value is -0.850. The van der Waals surface area contributed by atoms with Crippen molar-refractivity contribution in [1.29, 1.82) is 0 Å². The van der Waals surface area contributed by atoms with Gasteiger partial charge in [-0.2, -0.15) is 0 Å². The molecule has 7 heteroatoms. The van der Waals surface area contributed by atoms with Gasteiger partial charge in [0.05, 0.1) is 11.6 Å². The number of nitrogens with one attached hydrogen (secondary N) is 2. The number of amides is 1. The fourth-order valence-corrected chi connectivity index (χ4v) is 1.62. The molecule has 0 aliphatic heterocycles. The van der Waals surface area contributed by atoms with Crippen molar-refractivity contribution in [2.24, 2.45) is 0 Å². The number of carbonyl (C=O) groups is 1. The van der Waals surface area contributed by atoms with E-state index in [1.165, 1.54) is 0 Å². The maximum atomic E-state index is 11.1. The van der Waals surface area contributed by atoms with Gasteiger partial charge in [-0.3, -0.25) is 5.32 Å². The molecule has 92 valence electrons. The summed E-state index contributed by atoms with van der Waals surface area (Å²) in [5, 5.41) is 5.89. The minimum atomic E-state index is -0.590. The summed E-state index contributed by atoms with van der Waals surface area (Å²) in [5.41, 5.74) is 0.681. The van der Waals surface area contributed by atoms with E-state index in [1.54, 1.807) is 25.1 Å². The van der Waals surface area contributed by atoms with Crippen LogP contribution in [0.2, 0.25) is 5.02 Å². The molecule has 17 heavy (non-hydrogen) atoms. The predicted octanol–water partition coefficient (Wildman–Crippen LogP) is 3.55. The van der Waals surface area contributed by atoms with Gasteiger partial charge in [0.15, 0.2) is 5.11 Å². The normalized spacial score (nSPS) is 9.59. The summed E-state index contributed by atoms with van der Waals surface area (Å²) in [6, 6.07) is 5.23. The first-order valence-electron chi connectivity index (χ1n) is 4.72. The van der Waals surface area contributed by atoms with Gasteiger partial charge in [0.2, 0.25) is 0 Å². The quantitative estimate of drug-likeness (QED) is 0.810. The summed E-state index contributed by atoms with van der Waals surface area (Å²) in [5.74, 6) is 0. The highest BCUT2D eigenvalue weighted by molar-refractivity contribution is 9.10. The second-order valence-electron chi connectivity index (χ2n) is 2.93. The van der Waals surface area contributed by atoms with Gasteiger partial charge < -0.3 is 10.1 Å². The van der Waals surface area contributed by atoms with E-state index in [0.717, 1.165) is 4.47 Å². The lowest BCUT2D eigenvalue weighted by Gasteiger charge is -2.09. The van der Waals surface area contributed by atoms with Gasteiger partial charge in [0, 0.05) is 10.2 Å². The number of alkyl carbamates (subject to hydrolysis) is 1. The first-order chi connectivity index (χ1) is 8.02. The third-order valence-corrected chi connectivity index (χ3v) is 3.11. The molecule has 4 nitrogen and oxygen atoms in total. The Labute approximate surface area is 118 Å². The van der Waals surface area contributed by atoms with Crippen molar-refractivity contribution in [1.82, 2.24) is 5.32 Å². The first-order valence-corrected chi connectivity index (χ1v) is 6.30. The lowest BCUT2D eigenvalue weighted by atomic mass is 10.3. The predicted molar refractivity (Wildman–Crippen MR) is 75.5 cm³/mol. The van der Waals surface area contributed by atoms with E-state index in [4.69, 9.17) is 23.8 Å². The van der Waals surface area contributed by atoms with Crippen molar-refractivity contribution in [3.8, 4) is 0 Å². The molecule has 0 saturated heterocycles. The number of anilines is 1. The van der Waals surface area contributed by atoms with Crippen LogP contribution < -0.4 is 10.6 Å². The van der Waals surface area contributed by atoms with E-state index in [0.29, 0.717) is 17.3 Å². The third kappa shape index (κ3) is 4.89. The molecule has 0 atom stereocenters. The number of rotatable bonds is 2. The lowest BCUT2D eigenvalue weighted by molar-refractivity contribution is 0.158. The van der Waals surface area contributed by atoms with Gasteiger partial charge in [0.25, 0.3) is 0 Å². The topological polar surface area (TPSA) is 50.4 Å². The monoisotopic (exact) mass is 336 g/mol. The highest BCUT2D eigenvalue weighted by Crippen LogP contribution is 2.25. The van der Waals surface area contributed by atoms with Crippen LogP contribution in [0.25, 0.3) is 0 Å². The summed E-state index contributed by atoms with van der Waals surface area (Å²) in [6.45, 7) is 2.00. The summed E-state index contributed by atoms with van der Waals surface area (Å²) >= 11 is 14.1. The number of benzene rings is 1. The minimum absolute atomic E-state index is 0.154. The van der Waals surface area contributed by atoms with Gasteiger partial charge in [-0.15, -0.1) is 0 Å². The third-order valence-electron chi connectivity index (χ3n) is 1.67. The Kier molecular flexibility index (Phi) is 5.67. The molecule has 0 aromatic heterocycles. The Morgan fingerprint density at radius 3 is 2.88 bits per heavy atom. The van der Waals surface area contributed by atoms with E-state index >= 15 is 0 Å². The van der Waals surface area contributed by atoms with Crippen LogP contribution >= 0.6 is 39.7 Å². The summed E-state index contributed by atoms with van der Waals surface area (Å²) < 4.78 is 5.47. The standard InChI is InChI=1S/C10H10BrClN2O2S/c1-2-16-10(15)14-9(17)13-6-3-4-7(11)8(12)5-6/h3-5H,2H2,1H3,(H2,13,14,15,17). The number of hydrogen-bond donors (Lipinski definition) is 2. The van der Waals surface area contributed by atoms with E-state index in [9.17, 15) is 4.79 Å². The number of halogens is 2. The highest BCUT2D eigenvalue weighted by atomic mass is 79.9. The highest BCUT2D eigenvalue weighted by Gasteiger charge is 2.05. The molecule has 1 aromatic rings. The molecule has 0 fully saturated rings. The van der Waals surface area contributed by atoms with Crippen molar-refractivity contribution in [3.63, 3.8) is 0 Å². The second-order valence-corrected chi connectivity index (χ2v) is 4.60. The Morgan fingerprint density at radius 1 is 1.59 bits per heavy atom. The molecule has 0 aliphatic carbocycles. The fourth-order valence-electron chi connectivity index (χ4n) is 0.996. The number of ether oxygens (including phenoxy) is 1. The largest absolute Gasteiger partial charge is 0.450 e. The molecule has 0 bridgehead atoms. The Bertz CT molecular complexity index is 442. The molecule has 0 spiro atoms. The molecular formula is C10H10BrClN2O2S. The van der Waals surface area contributed by atoms with E-state index in [-0.39, 0.29) is 5.11 Å². The smallest absolute Gasteiger partial charge is 0.413 e. The van der Waals surface area contributed by atoms with Crippen molar-refractivity contribution >= 4 is 56.6 Å². The van der Waals surface area contributed by atoms with Crippen molar-refractivity contribution < 1.29 is 9.53 Å². The maximum Gasteiger partial charge on any atom is 0.413 e. The molecular weight excluding hydrogens is 328 g/mol. The fraction of sp³-hybridized carbons (Fsp3) is 0.200. The van der Waals surface area contributed by atoms with Gasteiger partial charge >= 0.3 is 6.09 Å². The summed E-state index contributed by atoms with van der Waals surface area (Å²) in [4.78, 5) is 11.1. The van der Waals surface area contributed by atoms with Crippen molar-refractivity contribution in [2.75, 3.05) is 11.9 Å². The molecule has 0 aliphatic rings. The minimum Gasteiger partial charge on any atom is -0.450 e. The van der Waals surface area contributed by atoms with Crippen LogP contribution in [0, 0.1) is 0 Å². The number of carbonyl (C=O) groups excluding carboxylic acids is 1. The van der Waals surface area contributed by atoms with Crippen LogP contribution in [0.5, 0.6) is 0 Å². The van der Waals surface area contributed by atoms with Gasteiger partial charge in [-0.25, -0.2) is 4.79 Å². The second kappa shape index (κ2) is 6.78. The zero-order valence-corrected chi connectivity index (χ0v) is 12.1. The average molecular weight is 338 g/mol. The van der Waals surface area contributed by atoms with E-state index in [1.807, 2.05) is 0 Å². The molecule has 0 unspecified atom stereocenters. The zero-order valence-electron chi connectivity index (χ0n) is 8.92. The molecule has 1 rings (SSSR count). The number of hydrogen-bond acceptors (Lipinski definition) is 3. The Balaban J connectivity index is 2.56. The maximum absolute atomic E-state index is 11.1. The van der Waals surface area contributed by atoms with Crippen molar-refractivity contribution in [2.45, 2.75) is 6.92 Å². The van der Waals surface area contributed by atoms with Crippen LogP contribution in [0.1, 0.15) is 6.92 Å². The van der Waals surface area contributed by atoms with E-state index in [2.05, 4.69) is 31.3 Å². The molecule has 0 heterocycles. The molecule has 1 amide bonds. The SMILES string of the molecule is CCOC(=O)NC(=S)Nc1ccc(Br)c(Cl)c1. The van der Waals surface area contributed by atoms with Crippen LogP contribution in [-0.4, -0.2) is 17.8 Å². The van der Waals surface area contributed by atoms with Crippen LogP contribution in [0.3, 0.4) is 0 Å². The summed E-state index contributed by atoms with van der Waals surface area (Å²) in [7, 11) is 0. The zero-order chi connectivity index (χ0) is 12.8. The van der Waals surface area contributed by atoms with Gasteiger partial charge in [-0.05, 0) is 53.3 Å². The first kappa shape index (κ1) is 14.2. The van der Waals surface area contributed by atoms with Crippen molar-refractivity contribution in [3.05, 3.63) is 27.7 Å². The number of thiocarbonyl (C=S) groups is 1.